The largest absolute Gasteiger partial charge is 0.380 e. The molecular weight excluding hydrogens is 234 g/mol. The molecule has 1 aromatic heterocycles. The zero-order valence-corrected chi connectivity index (χ0v) is 10.9. The molecule has 2 heterocycles. The molecule has 17 heavy (non-hydrogen) atoms. The van der Waals surface area contributed by atoms with Crippen LogP contribution in [0.2, 0.25) is 0 Å². The maximum atomic E-state index is 5.56. The summed E-state index contributed by atoms with van der Waals surface area (Å²) in [6.07, 6.45) is 5.64. The fraction of sp³-hybridized carbons (Fsp3) is 0.667. The van der Waals surface area contributed by atoms with Gasteiger partial charge in [-0.15, -0.1) is 0 Å². The Balaban J connectivity index is 1.92. The number of rotatable bonds is 5. The van der Waals surface area contributed by atoms with Crippen molar-refractivity contribution >= 4 is 11.8 Å². The number of ether oxygens (including phenoxy) is 1. The zero-order chi connectivity index (χ0) is 11.9. The van der Waals surface area contributed by atoms with Gasteiger partial charge in [-0.1, -0.05) is 18.7 Å². The molecule has 2 atom stereocenters. The van der Waals surface area contributed by atoms with Crippen LogP contribution in [0.4, 0.5) is 0 Å². The third-order valence-electron chi connectivity index (χ3n) is 2.79. The molecule has 1 fully saturated rings. The highest BCUT2D eigenvalue weighted by Crippen LogP contribution is 2.27. The second kappa shape index (κ2) is 6.93. The number of hydrogen-bond donors (Lipinski definition) is 1. The summed E-state index contributed by atoms with van der Waals surface area (Å²) in [5.41, 5.74) is 0. The van der Waals surface area contributed by atoms with E-state index in [1.54, 1.807) is 24.3 Å². The molecule has 1 saturated heterocycles. The topological polar surface area (TPSA) is 47.0 Å². The molecule has 0 aromatic carbocycles. The van der Waals surface area contributed by atoms with Crippen molar-refractivity contribution in [2.75, 3.05) is 19.8 Å². The van der Waals surface area contributed by atoms with Crippen LogP contribution in [-0.4, -0.2) is 41.0 Å². The number of nitrogens with zero attached hydrogens (tertiary/aromatic N) is 2. The third kappa shape index (κ3) is 3.94. The lowest BCUT2D eigenvalue weighted by atomic mass is 10.1. The Kier molecular flexibility index (Phi) is 5.22. The van der Waals surface area contributed by atoms with E-state index in [1.807, 2.05) is 6.07 Å². The Hall–Kier alpha value is -0.650. The minimum absolute atomic E-state index is 0.449. The SMILES string of the molecule is CCCNC1CCOCC1Sc1ccncn1. The molecule has 0 saturated carbocycles. The van der Waals surface area contributed by atoms with Crippen LogP contribution in [-0.2, 0) is 4.74 Å². The predicted molar refractivity (Wildman–Crippen MR) is 69.2 cm³/mol. The van der Waals surface area contributed by atoms with Crippen molar-refractivity contribution in [3.63, 3.8) is 0 Å². The van der Waals surface area contributed by atoms with Gasteiger partial charge in [-0.3, -0.25) is 0 Å². The summed E-state index contributed by atoms with van der Waals surface area (Å²) in [6, 6.07) is 2.49. The summed E-state index contributed by atoms with van der Waals surface area (Å²) in [6.45, 7) is 4.93. The quantitative estimate of drug-likeness (QED) is 0.810. The minimum Gasteiger partial charge on any atom is -0.380 e. The van der Waals surface area contributed by atoms with Crippen molar-refractivity contribution in [3.05, 3.63) is 18.6 Å². The first-order valence-corrected chi connectivity index (χ1v) is 7.02. The van der Waals surface area contributed by atoms with Gasteiger partial charge < -0.3 is 10.1 Å². The molecule has 0 radical (unpaired) electrons. The molecular formula is C12H19N3OS. The molecule has 2 unspecified atom stereocenters. The van der Waals surface area contributed by atoms with Gasteiger partial charge in [0.05, 0.1) is 11.6 Å². The molecule has 94 valence electrons. The number of thioether (sulfide) groups is 1. The van der Waals surface area contributed by atoms with Gasteiger partial charge in [0.15, 0.2) is 0 Å². The first kappa shape index (κ1) is 12.8. The summed E-state index contributed by atoms with van der Waals surface area (Å²) in [5, 5.41) is 5.07. The number of nitrogens with one attached hydrogen (secondary N) is 1. The molecule has 1 N–H and O–H groups in total. The molecule has 4 nitrogen and oxygen atoms in total. The fourth-order valence-electron chi connectivity index (χ4n) is 1.89. The predicted octanol–water partition coefficient (Wildman–Crippen LogP) is 1.73. The van der Waals surface area contributed by atoms with Gasteiger partial charge in [0.2, 0.25) is 0 Å². The van der Waals surface area contributed by atoms with Crippen LogP contribution in [0, 0.1) is 0 Å². The van der Waals surface area contributed by atoms with Gasteiger partial charge in [-0.2, -0.15) is 0 Å². The smallest absolute Gasteiger partial charge is 0.116 e. The van der Waals surface area contributed by atoms with E-state index in [-0.39, 0.29) is 0 Å². The van der Waals surface area contributed by atoms with Gasteiger partial charge in [0, 0.05) is 24.1 Å². The van der Waals surface area contributed by atoms with E-state index in [9.17, 15) is 0 Å². The van der Waals surface area contributed by atoms with Crippen LogP contribution in [0.15, 0.2) is 23.6 Å². The maximum Gasteiger partial charge on any atom is 0.116 e. The lowest BCUT2D eigenvalue weighted by Crippen LogP contribution is -2.45. The summed E-state index contributed by atoms with van der Waals surface area (Å²) >= 11 is 1.78. The standard InChI is InChI=1S/C12H19N3OS/c1-2-5-14-10-4-7-16-8-11(10)17-12-3-6-13-9-15-12/h3,6,9-11,14H,2,4-5,7-8H2,1H3. The number of aromatic nitrogens is 2. The second-order valence-corrected chi connectivity index (χ2v) is 5.39. The minimum atomic E-state index is 0.449. The molecule has 5 heteroatoms. The number of hydrogen-bond acceptors (Lipinski definition) is 5. The zero-order valence-electron chi connectivity index (χ0n) is 10.1. The van der Waals surface area contributed by atoms with E-state index in [0.29, 0.717) is 11.3 Å². The summed E-state index contributed by atoms with van der Waals surface area (Å²) in [4.78, 5) is 8.19. The summed E-state index contributed by atoms with van der Waals surface area (Å²) in [7, 11) is 0. The van der Waals surface area contributed by atoms with Crippen molar-refractivity contribution in [1.29, 1.82) is 0 Å². The lowest BCUT2D eigenvalue weighted by molar-refractivity contribution is 0.0833. The first-order valence-electron chi connectivity index (χ1n) is 6.14. The Labute approximate surface area is 107 Å². The van der Waals surface area contributed by atoms with E-state index in [2.05, 4.69) is 22.2 Å². The lowest BCUT2D eigenvalue weighted by Gasteiger charge is -2.31. The average Bonchev–Trinajstić information content (AvgIpc) is 2.39. The second-order valence-electron chi connectivity index (χ2n) is 4.13. The first-order chi connectivity index (χ1) is 8.40. The summed E-state index contributed by atoms with van der Waals surface area (Å²) < 4.78 is 5.56. The van der Waals surface area contributed by atoms with Gasteiger partial charge in [0.1, 0.15) is 6.33 Å². The Morgan fingerprint density at radius 2 is 2.53 bits per heavy atom. The van der Waals surface area contributed by atoms with Crippen molar-refractivity contribution in [2.45, 2.75) is 36.1 Å². The van der Waals surface area contributed by atoms with Gasteiger partial charge in [-0.25, -0.2) is 9.97 Å². The summed E-state index contributed by atoms with van der Waals surface area (Å²) in [5.74, 6) is 0. The molecule has 1 aromatic rings. The molecule has 2 rings (SSSR count). The van der Waals surface area contributed by atoms with E-state index < -0.39 is 0 Å². The highest BCUT2D eigenvalue weighted by atomic mass is 32.2. The van der Waals surface area contributed by atoms with Crippen LogP contribution >= 0.6 is 11.8 Å². The molecule has 0 amide bonds. The average molecular weight is 253 g/mol. The molecule has 1 aliphatic heterocycles. The van der Waals surface area contributed by atoms with Crippen LogP contribution in [0.5, 0.6) is 0 Å². The highest BCUT2D eigenvalue weighted by molar-refractivity contribution is 8.00. The van der Waals surface area contributed by atoms with Crippen molar-refractivity contribution in [2.24, 2.45) is 0 Å². The van der Waals surface area contributed by atoms with Crippen molar-refractivity contribution in [3.8, 4) is 0 Å². The Bertz CT molecular complexity index is 323. The fourth-order valence-corrected chi connectivity index (χ4v) is 3.01. The van der Waals surface area contributed by atoms with Crippen molar-refractivity contribution < 1.29 is 4.74 Å². The molecule has 0 bridgehead atoms. The molecule has 0 aliphatic carbocycles. The van der Waals surface area contributed by atoms with Gasteiger partial charge in [0.25, 0.3) is 0 Å². The van der Waals surface area contributed by atoms with Crippen LogP contribution in [0.25, 0.3) is 0 Å². The van der Waals surface area contributed by atoms with Gasteiger partial charge >= 0.3 is 0 Å². The Morgan fingerprint density at radius 3 is 3.29 bits per heavy atom. The van der Waals surface area contributed by atoms with E-state index >= 15 is 0 Å². The normalized spacial score (nSPS) is 24.8. The van der Waals surface area contributed by atoms with Crippen molar-refractivity contribution in [1.82, 2.24) is 15.3 Å². The monoisotopic (exact) mass is 253 g/mol. The molecule has 0 spiro atoms. The van der Waals surface area contributed by atoms with E-state index in [1.165, 1.54) is 6.42 Å². The van der Waals surface area contributed by atoms with Crippen LogP contribution < -0.4 is 5.32 Å². The Morgan fingerprint density at radius 1 is 1.59 bits per heavy atom. The maximum absolute atomic E-state index is 5.56. The third-order valence-corrected chi connectivity index (χ3v) is 4.04. The van der Waals surface area contributed by atoms with Crippen LogP contribution in [0.1, 0.15) is 19.8 Å². The van der Waals surface area contributed by atoms with E-state index in [0.717, 1.165) is 31.2 Å². The van der Waals surface area contributed by atoms with Crippen LogP contribution in [0.3, 0.4) is 0 Å². The molecule has 1 aliphatic rings. The van der Waals surface area contributed by atoms with Gasteiger partial charge in [-0.05, 0) is 25.5 Å². The van der Waals surface area contributed by atoms with E-state index in [4.69, 9.17) is 4.74 Å². The highest BCUT2D eigenvalue weighted by Gasteiger charge is 2.26.